The standard InChI is InChI=1S/C24H28N4O2/c1-18-5-4-6-19(15-18)16-23(30)28-12-3-2-7-22(28)24-21(17-27(26-24)13-14-29)20-8-10-25-11-9-20/h4-6,8-11,15,17,22,29H,2-3,7,12-14,16H2,1H3. The van der Waals surface area contributed by atoms with Crippen molar-refractivity contribution in [2.24, 2.45) is 0 Å². The number of hydrogen-bond donors (Lipinski definition) is 1. The Balaban J connectivity index is 1.66. The molecule has 1 aliphatic rings. The number of carbonyl (C=O) groups excluding carboxylic acids is 1. The lowest BCUT2D eigenvalue weighted by Gasteiger charge is -2.35. The molecule has 1 amide bonds. The fourth-order valence-electron chi connectivity index (χ4n) is 4.27. The Hall–Kier alpha value is -2.99. The van der Waals surface area contributed by atoms with Gasteiger partial charge in [-0.15, -0.1) is 0 Å². The molecule has 0 aliphatic carbocycles. The van der Waals surface area contributed by atoms with Crippen molar-refractivity contribution >= 4 is 5.91 Å². The number of nitrogens with zero attached hydrogens (tertiary/aromatic N) is 4. The number of likely N-dealkylation sites (tertiary alicyclic amines) is 1. The van der Waals surface area contributed by atoms with Crippen LogP contribution in [0.2, 0.25) is 0 Å². The summed E-state index contributed by atoms with van der Waals surface area (Å²) in [5, 5.41) is 14.2. The Morgan fingerprint density at radius 3 is 2.80 bits per heavy atom. The van der Waals surface area contributed by atoms with E-state index in [1.807, 2.05) is 48.4 Å². The topological polar surface area (TPSA) is 71.2 Å². The minimum absolute atomic E-state index is 0.0254. The molecule has 0 radical (unpaired) electrons. The molecule has 1 saturated heterocycles. The van der Waals surface area contributed by atoms with Crippen LogP contribution in [0.3, 0.4) is 0 Å². The van der Waals surface area contributed by atoms with Crippen molar-refractivity contribution in [2.75, 3.05) is 13.2 Å². The molecule has 30 heavy (non-hydrogen) atoms. The summed E-state index contributed by atoms with van der Waals surface area (Å²) in [7, 11) is 0. The van der Waals surface area contributed by atoms with Crippen molar-refractivity contribution < 1.29 is 9.90 Å². The number of aryl methyl sites for hydroxylation is 1. The first-order valence-corrected chi connectivity index (χ1v) is 10.6. The van der Waals surface area contributed by atoms with E-state index in [0.717, 1.165) is 48.2 Å². The molecule has 0 spiro atoms. The number of aliphatic hydroxyl groups excluding tert-OH is 1. The van der Waals surface area contributed by atoms with Gasteiger partial charge >= 0.3 is 0 Å². The highest BCUT2D eigenvalue weighted by Gasteiger charge is 2.32. The fraction of sp³-hybridized carbons (Fsp3) is 0.375. The smallest absolute Gasteiger partial charge is 0.227 e. The molecular weight excluding hydrogens is 376 g/mol. The molecule has 3 aromatic rings. The molecule has 6 heteroatoms. The first-order chi connectivity index (χ1) is 14.7. The van der Waals surface area contributed by atoms with Gasteiger partial charge in [-0.2, -0.15) is 5.10 Å². The van der Waals surface area contributed by atoms with E-state index < -0.39 is 0 Å². The van der Waals surface area contributed by atoms with Crippen molar-refractivity contribution in [3.63, 3.8) is 0 Å². The third-order valence-corrected chi connectivity index (χ3v) is 5.69. The van der Waals surface area contributed by atoms with Gasteiger partial charge in [-0.1, -0.05) is 29.8 Å². The number of hydrogen-bond acceptors (Lipinski definition) is 4. The fourth-order valence-corrected chi connectivity index (χ4v) is 4.27. The first-order valence-electron chi connectivity index (χ1n) is 10.6. The number of piperidine rings is 1. The summed E-state index contributed by atoms with van der Waals surface area (Å²) in [4.78, 5) is 19.4. The molecule has 4 rings (SSSR count). The van der Waals surface area contributed by atoms with Crippen LogP contribution in [0, 0.1) is 6.92 Å². The second-order valence-corrected chi connectivity index (χ2v) is 7.92. The van der Waals surface area contributed by atoms with Gasteiger partial charge in [0.15, 0.2) is 0 Å². The van der Waals surface area contributed by atoms with Crippen molar-refractivity contribution in [3.05, 3.63) is 71.8 Å². The molecule has 6 nitrogen and oxygen atoms in total. The first kappa shape index (κ1) is 20.3. The summed E-state index contributed by atoms with van der Waals surface area (Å²) in [6.45, 7) is 3.25. The number of aromatic nitrogens is 3. The van der Waals surface area contributed by atoms with Gasteiger partial charge in [-0.05, 0) is 49.4 Å². The molecule has 1 unspecified atom stereocenters. The maximum absolute atomic E-state index is 13.3. The normalized spacial score (nSPS) is 16.6. The molecule has 2 aromatic heterocycles. The lowest BCUT2D eigenvalue weighted by atomic mass is 9.94. The van der Waals surface area contributed by atoms with Crippen molar-refractivity contribution in [2.45, 2.75) is 45.2 Å². The lowest BCUT2D eigenvalue weighted by molar-refractivity contribution is -0.134. The molecule has 3 heterocycles. The van der Waals surface area contributed by atoms with E-state index >= 15 is 0 Å². The van der Waals surface area contributed by atoms with E-state index in [4.69, 9.17) is 5.10 Å². The summed E-state index contributed by atoms with van der Waals surface area (Å²) in [5.41, 5.74) is 5.15. The van der Waals surface area contributed by atoms with E-state index in [-0.39, 0.29) is 18.6 Å². The van der Waals surface area contributed by atoms with Gasteiger partial charge in [0.25, 0.3) is 0 Å². The highest BCUT2D eigenvalue weighted by Crippen LogP contribution is 2.36. The van der Waals surface area contributed by atoms with Crippen molar-refractivity contribution in [3.8, 4) is 11.1 Å². The maximum Gasteiger partial charge on any atom is 0.227 e. The van der Waals surface area contributed by atoms with Gasteiger partial charge in [0, 0.05) is 30.7 Å². The number of amides is 1. The number of carbonyl (C=O) groups is 1. The Morgan fingerprint density at radius 2 is 2.03 bits per heavy atom. The third-order valence-electron chi connectivity index (χ3n) is 5.69. The van der Waals surface area contributed by atoms with Crippen molar-refractivity contribution in [1.29, 1.82) is 0 Å². The third kappa shape index (κ3) is 4.44. The van der Waals surface area contributed by atoms with E-state index in [2.05, 4.69) is 11.1 Å². The molecule has 1 fully saturated rings. The zero-order valence-electron chi connectivity index (χ0n) is 17.4. The van der Waals surface area contributed by atoms with Gasteiger partial charge in [0.05, 0.1) is 31.3 Å². The van der Waals surface area contributed by atoms with Crippen molar-refractivity contribution in [1.82, 2.24) is 19.7 Å². The van der Waals surface area contributed by atoms with Gasteiger partial charge in [0.2, 0.25) is 5.91 Å². The zero-order chi connectivity index (χ0) is 20.9. The van der Waals surface area contributed by atoms with E-state index in [1.54, 1.807) is 17.1 Å². The van der Waals surface area contributed by atoms with Crippen LogP contribution in [0.25, 0.3) is 11.1 Å². The van der Waals surface area contributed by atoms with Crippen LogP contribution in [-0.2, 0) is 17.8 Å². The van der Waals surface area contributed by atoms with Gasteiger partial charge in [-0.3, -0.25) is 14.5 Å². The molecule has 1 N–H and O–H groups in total. The summed E-state index contributed by atoms with van der Waals surface area (Å²) in [5.74, 6) is 0.141. The van der Waals surface area contributed by atoms with Gasteiger partial charge < -0.3 is 10.0 Å². The van der Waals surface area contributed by atoms with Gasteiger partial charge in [0.1, 0.15) is 0 Å². The summed E-state index contributed by atoms with van der Waals surface area (Å²) in [6, 6.07) is 12.0. The van der Waals surface area contributed by atoms with Crippen LogP contribution in [0.1, 0.15) is 42.1 Å². The van der Waals surface area contributed by atoms with Crippen LogP contribution in [0.5, 0.6) is 0 Å². The van der Waals surface area contributed by atoms with Crippen LogP contribution >= 0.6 is 0 Å². The molecular formula is C24H28N4O2. The van der Waals surface area contributed by atoms with Gasteiger partial charge in [-0.25, -0.2) is 0 Å². The molecule has 156 valence electrons. The Morgan fingerprint density at radius 1 is 1.20 bits per heavy atom. The molecule has 1 aromatic carbocycles. The van der Waals surface area contributed by atoms with E-state index in [1.165, 1.54) is 5.56 Å². The largest absolute Gasteiger partial charge is 0.394 e. The predicted octanol–water partition coefficient (Wildman–Crippen LogP) is 3.54. The molecule has 0 saturated carbocycles. The van der Waals surface area contributed by atoms with E-state index in [9.17, 15) is 9.90 Å². The summed E-state index contributed by atoms with van der Waals surface area (Å²) in [6.07, 6.45) is 8.89. The van der Waals surface area contributed by atoms with Crippen LogP contribution in [0.4, 0.5) is 0 Å². The van der Waals surface area contributed by atoms with Crippen LogP contribution in [-0.4, -0.2) is 43.8 Å². The highest BCUT2D eigenvalue weighted by atomic mass is 16.3. The summed E-state index contributed by atoms with van der Waals surface area (Å²) >= 11 is 0. The predicted molar refractivity (Wildman–Crippen MR) is 116 cm³/mol. The molecule has 0 bridgehead atoms. The zero-order valence-corrected chi connectivity index (χ0v) is 17.4. The average molecular weight is 405 g/mol. The lowest BCUT2D eigenvalue weighted by Crippen LogP contribution is -2.39. The van der Waals surface area contributed by atoms with Crippen LogP contribution < -0.4 is 0 Å². The average Bonchev–Trinajstić information content (AvgIpc) is 3.18. The number of aliphatic hydroxyl groups is 1. The van der Waals surface area contributed by atoms with E-state index in [0.29, 0.717) is 13.0 Å². The second-order valence-electron chi connectivity index (χ2n) is 7.92. The SMILES string of the molecule is Cc1cccc(CC(=O)N2CCCCC2c2nn(CCO)cc2-c2ccncc2)c1. The number of pyridine rings is 1. The van der Waals surface area contributed by atoms with Crippen LogP contribution in [0.15, 0.2) is 55.0 Å². The molecule has 1 aliphatic heterocycles. The highest BCUT2D eigenvalue weighted by molar-refractivity contribution is 5.80. The Kier molecular flexibility index (Phi) is 6.23. The monoisotopic (exact) mass is 404 g/mol. The minimum Gasteiger partial charge on any atom is -0.394 e. The quantitative estimate of drug-likeness (QED) is 0.682. The minimum atomic E-state index is -0.0563. The molecule has 1 atom stereocenters. The number of rotatable bonds is 6. The maximum atomic E-state index is 13.3. The Labute approximate surface area is 177 Å². The number of benzene rings is 1. The second kappa shape index (κ2) is 9.22. The summed E-state index contributed by atoms with van der Waals surface area (Å²) < 4.78 is 1.78. The Bertz CT molecular complexity index is 999.